The van der Waals surface area contributed by atoms with Crippen LogP contribution in [0.15, 0.2) is 29.3 Å². The van der Waals surface area contributed by atoms with E-state index in [-0.39, 0.29) is 5.75 Å². The van der Waals surface area contributed by atoms with Crippen molar-refractivity contribution >= 4 is 5.96 Å². The Bertz CT molecular complexity index is 475. The molecule has 1 aromatic carbocycles. The SMILES string of the molecule is CN(C(N)=NCCc1ccccc1OC(F)F)C1CC1. The standard InChI is InChI=1S/C14H19F2N3O/c1-19(11-6-7-11)14(17)18-9-8-10-4-2-3-5-12(10)20-13(15)16/h2-5,11,13H,6-9H2,1H3,(H2,17,18). The highest BCUT2D eigenvalue weighted by atomic mass is 19.3. The molecule has 0 saturated heterocycles. The maximum absolute atomic E-state index is 12.3. The Morgan fingerprint density at radius 2 is 2.15 bits per heavy atom. The van der Waals surface area contributed by atoms with Crippen LogP contribution in [0.5, 0.6) is 5.75 Å². The molecule has 0 aliphatic heterocycles. The second kappa shape index (κ2) is 6.54. The van der Waals surface area contributed by atoms with Gasteiger partial charge in [-0.3, -0.25) is 4.99 Å². The van der Waals surface area contributed by atoms with Crippen LogP contribution >= 0.6 is 0 Å². The Labute approximate surface area is 117 Å². The topological polar surface area (TPSA) is 50.8 Å². The van der Waals surface area contributed by atoms with Gasteiger partial charge in [0.25, 0.3) is 0 Å². The van der Waals surface area contributed by atoms with Crippen molar-refractivity contribution in [2.24, 2.45) is 10.7 Å². The van der Waals surface area contributed by atoms with Crippen molar-refractivity contribution in [2.75, 3.05) is 13.6 Å². The molecule has 0 spiro atoms. The monoisotopic (exact) mass is 283 g/mol. The molecule has 1 aliphatic carbocycles. The molecule has 1 saturated carbocycles. The summed E-state index contributed by atoms with van der Waals surface area (Å²) in [4.78, 5) is 6.24. The molecule has 2 rings (SSSR count). The normalized spacial score (nSPS) is 15.5. The largest absolute Gasteiger partial charge is 0.435 e. The molecule has 20 heavy (non-hydrogen) atoms. The van der Waals surface area contributed by atoms with E-state index in [1.807, 2.05) is 11.9 Å². The van der Waals surface area contributed by atoms with Crippen molar-refractivity contribution in [1.29, 1.82) is 0 Å². The summed E-state index contributed by atoms with van der Waals surface area (Å²) in [5.41, 5.74) is 6.57. The molecule has 1 aromatic rings. The van der Waals surface area contributed by atoms with E-state index >= 15 is 0 Å². The summed E-state index contributed by atoms with van der Waals surface area (Å²) in [7, 11) is 1.92. The summed E-state index contributed by atoms with van der Waals surface area (Å²) in [6, 6.07) is 7.25. The molecule has 1 aliphatic rings. The number of benzene rings is 1. The zero-order valence-corrected chi connectivity index (χ0v) is 11.4. The third kappa shape index (κ3) is 4.08. The van der Waals surface area contributed by atoms with Gasteiger partial charge in [-0.1, -0.05) is 18.2 Å². The van der Waals surface area contributed by atoms with Crippen LogP contribution in [-0.4, -0.2) is 37.1 Å². The second-order valence-electron chi connectivity index (χ2n) is 4.82. The third-order valence-corrected chi connectivity index (χ3v) is 3.30. The first-order valence-electron chi connectivity index (χ1n) is 6.63. The van der Waals surface area contributed by atoms with Gasteiger partial charge in [-0.25, -0.2) is 0 Å². The highest BCUT2D eigenvalue weighted by molar-refractivity contribution is 5.78. The molecule has 1 fully saturated rings. The highest BCUT2D eigenvalue weighted by Gasteiger charge is 2.27. The maximum atomic E-state index is 12.3. The van der Waals surface area contributed by atoms with Crippen LogP contribution in [0, 0.1) is 0 Å². The van der Waals surface area contributed by atoms with Gasteiger partial charge < -0.3 is 15.4 Å². The molecule has 0 aromatic heterocycles. The predicted octanol–water partition coefficient (Wildman–Crippen LogP) is 2.24. The van der Waals surface area contributed by atoms with Gasteiger partial charge in [-0.2, -0.15) is 8.78 Å². The summed E-state index contributed by atoms with van der Waals surface area (Å²) in [6.45, 7) is -2.36. The van der Waals surface area contributed by atoms with Gasteiger partial charge >= 0.3 is 6.61 Å². The van der Waals surface area contributed by atoms with Crippen LogP contribution < -0.4 is 10.5 Å². The summed E-state index contributed by atoms with van der Waals surface area (Å²) < 4.78 is 29.0. The molecule has 6 heteroatoms. The van der Waals surface area contributed by atoms with E-state index in [0.29, 0.717) is 30.5 Å². The van der Waals surface area contributed by atoms with Crippen LogP contribution in [0.2, 0.25) is 0 Å². The minimum atomic E-state index is -2.81. The number of halogens is 2. The van der Waals surface area contributed by atoms with Gasteiger partial charge in [0.2, 0.25) is 0 Å². The first-order chi connectivity index (χ1) is 9.58. The number of hydrogen-bond acceptors (Lipinski definition) is 2. The Morgan fingerprint density at radius 3 is 2.80 bits per heavy atom. The van der Waals surface area contributed by atoms with Gasteiger partial charge in [-0.15, -0.1) is 0 Å². The van der Waals surface area contributed by atoms with Gasteiger partial charge in [0.1, 0.15) is 5.75 Å². The zero-order chi connectivity index (χ0) is 14.5. The fourth-order valence-corrected chi connectivity index (χ4v) is 1.97. The lowest BCUT2D eigenvalue weighted by atomic mass is 10.1. The molecule has 2 N–H and O–H groups in total. The molecule has 4 nitrogen and oxygen atoms in total. The molecular weight excluding hydrogens is 264 g/mol. The third-order valence-electron chi connectivity index (χ3n) is 3.30. The number of alkyl halides is 2. The summed E-state index contributed by atoms with van der Waals surface area (Å²) in [6.07, 6.45) is 2.82. The first-order valence-corrected chi connectivity index (χ1v) is 6.63. The lowest BCUT2D eigenvalue weighted by molar-refractivity contribution is -0.0504. The van der Waals surface area contributed by atoms with Crippen molar-refractivity contribution in [3.05, 3.63) is 29.8 Å². The predicted molar refractivity (Wildman–Crippen MR) is 74.1 cm³/mol. The van der Waals surface area contributed by atoms with E-state index in [0.717, 1.165) is 12.8 Å². The van der Waals surface area contributed by atoms with Crippen molar-refractivity contribution in [3.63, 3.8) is 0 Å². The minimum Gasteiger partial charge on any atom is -0.435 e. The Balaban J connectivity index is 1.91. The Kier molecular flexibility index (Phi) is 4.76. The van der Waals surface area contributed by atoms with E-state index in [9.17, 15) is 8.78 Å². The van der Waals surface area contributed by atoms with E-state index in [4.69, 9.17) is 5.73 Å². The smallest absolute Gasteiger partial charge is 0.387 e. The van der Waals surface area contributed by atoms with Crippen LogP contribution in [0.4, 0.5) is 8.78 Å². The molecule has 0 unspecified atom stereocenters. The van der Waals surface area contributed by atoms with Gasteiger partial charge in [-0.05, 0) is 30.9 Å². The van der Waals surface area contributed by atoms with E-state index < -0.39 is 6.61 Å². The summed E-state index contributed by atoms with van der Waals surface area (Å²) in [5.74, 6) is 0.701. The number of aliphatic imine (C=N–C) groups is 1. The Morgan fingerprint density at radius 1 is 1.45 bits per heavy atom. The quantitative estimate of drug-likeness (QED) is 0.643. The maximum Gasteiger partial charge on any atom is 0.387 e. The van der Waals surface area contributed by atoms with Gasteiger partial charge in [0.05, 0.1) is 0 Å². The van der Waals surface area contributed by atoms with Crippen molar-refractivity contribution in [1.82, 2.24) is 4.90 Å². The second-order valence-corrected chi connectivity index (χ2v) is 4.82. The van der Waals surface area contributed by atoms with Crippen molar-refractivity contribution in [2.45, 2.75) is 31.9 Å². The first kappa shape index (κ1) is 14.6. The number of ether oxygens (including phenoxy) is 1. The number of rotatable bonds is 6. The van der Waals surface area contributed by atoms with Crippen molar-refractivity contribution < 1.29 is 13.5 Å². The average Bonchev–Trinajstić information content (AvgIpc) is 3.23. The highest BCUT2D eigenvalue weighted by Crippen LogP contribution is 2.25. The minimum absolute atomic E-state index is 0.201. The van der Waals surface area contributed by atoms with Gasteiger partial charge in [0, 0.05) is 19.6 Å². The average molecular weight is 283 g/mol. The molecule has 0 heterocycles. The number of para-hydroxylation sites is 1. The Hall–Kier alpha value is -1.85. The molecule has 110 valence electrons. The summed E-state index contributed by atoms with van der Waals surface area (Å²) >= 11 is 0. The summed E-state index contributed by atoms with van der Waals surface area (Å²) in [5, 5.41) is 0. The molecule has 0 atom stereocenters. The number of nitrogens with zero attached hydrogens (tertiary/aromatic N) is 2. The molecule has 0 amide bonds. The number of hydrogen-bond donors (Lipinski definition) is 1. The number of guanidine groups is 1. The van der Waals surface area contributed by atoms with Gasteiger partial charge in [0.15, 0.2) is 5.96 Å². The molecule has 0 radical (unpaired) electrons. The van der Waals surface area contributed by atoms with Crippen LogP contribution in [-0.2, 0) is 6.42 Å². The van der Waals surface area contributed by atoms with Crippen LogP contribution in [0.1, 0.15) is 18.4 Å². The van der Waals surface area contributed by atoms with E-state index in [1.54, 1.807) is 18.2 Å². The fraction of sp³-hybridized carbons (Fsp3) is 0.500. The van der Waals surface area contributed by atoms with E-state index in [2.05, 4.69) is 9.73 Å². The lowest BCUT2D eigenvalue weighted by Crippen LogP contribution is -2.35. The van der Waals surface area contributed by atoms with Crippen LogP contribution in [0.25, 0.3) is 0 Å². The van der Waals surface area contributed by atoms with Crippen LogP contribution in [0.3, 0.4) is 0 Å². The molecular formula is C14H19F2N3O. The zero-order valence-electron chi connectivity index (χ0n) is 11.4. The molecule has 0 bridgehead atoms. The lowest BCUT2D eigenvalue weighted by Gasteiger charge is -2.17. The van der Waals surface area contributed by atoms with E-state index in [1.165, 1.54) is 6.07 Å². The van der Waals surface area contributed by atoms with Crippen molar-refractivity contribution in [3.8, 4) is 5.75 Å². The fourth-order valence-electron chi connectivity index (χ4n) is 1.97. The number of nitrogens with two attached hydrogens (primary N) is 1.